The van der Waals surface area contributed by atoms with Gasteiger partial charge in [-0.05, 0) is 25.1 Å². The lowest BCUT2D eigenvalue weighted by molar-refractivity contribution is -0.121. The molecule has 1 N–H and O–H groups in total. The van der Waals surface area contributed by atoms with E-state index in [-0.39, 0.29) is 22.7 Å². The monoisotopic (exact) mass is 318 g/mol. The predicted molar refractivity (Wildman–Crippen MR) is 73.6 cm³/mol. The fourth-order valence-corrected chi connectivity index (χ4v) is 3.02. The zero-order chi connectivity index (χ0) is 14.9. The number of aromatic nitrogens is 1. The van der Waals surface area contributed by atoms with E-state index in [1.165, 1.54) is 22.9 Å². The molecule has 1 aromatic carbocycles. The molecule has 5 nitrogen and oxygen atoms in total. The van der Waals surface area contributed by atoms with Gasteiger partial charge in [0.05, 0.1) is 5.52 Å². The van der Waals surface area contributed by atoms with Crippen molar-refractivity contribution in [2.75, 3.05) is 6.54 Å². The van der Waals surface area contributed by atoms with Gasteiger partial charge in [-0.25, -0.2) is 12.8 Å². The maximum atomic E-state index is 13.3. The Morgan fingerprint density at radius 1 is 1.45 bits per heavy atom. The maximum Gasteiger partial charge on any atom is 0.263 e. The Labute approximate surface area is 119 Å². The summed E-state index contributed by atoms with van der Waals surface area (Å²) in [6.07, 6.45) is 1.24. The molecule has 0 spiro atoms. The highest BCUT2D eigenvalue weighted by molar-refractivity contribution is 8.14. The number of carbonyl (C=O) groups excluding carboxylic acids is 1. The number of benzene rings is 1. The van der Waals surface area contributed by atoms with Gasteiger partial charge in [0.2, 0.25) is 5.91 Å². The van der Waals surface area contributed by atoms with Crippen LogP contribution in [0, 0.1) is 5.82 Å². The highest BCUT2D eigenvalue weighted by atomic mass is 35.7. The standard InChI is InChI=1S/C12H12ClFN2O3S/c1-2-15-12(17)7-16-6-11(20(13,18)19)9-5-8(14)3-4-10(9)16/h3-6H,2,7H2,1H3,(H,15,17). The van der Waals surface area contributed by atoms with E-state index in [1.54, 1.807) is 6.92 Å². The van der Waals surface area contributed by atoms with Gasteiger partial charge >= 0.3 is 0 Å². The van der Waals surface area contributed by atoms with Crippen molar-refractivity contribution in [3.8, 4) is 0 Å². The Kier molecular flexibility index (Phi) is 4.01. The summed E-state index contributed by atoms with van der Waals surface area (Å²) in [7, 11) is 1.32. The Bertz CT molecular complexity index is 770. The van der Waals surface area contributed by atoms with Crippen LogP contribution in [0.5, 0.6) is 0 Å². The van der Waals surface area contributed by atoms with Crippen molar-refractivity contribution in [2.24, 2.45) is 0 Å². The molecule has 8 heteroatoms. The zero-order valence-corrected chi connectivity index (χ0v) is 12.1. The van der Waals surface area contributed by atoms with Gasteiger partial charge in [-0.1, -0.05) is 0 Å². The van der Waals surface area contributed by atoms with Crippen LogP contribution in [0.4, 0.5) is 4.39 Å². The quantitative estimate of drug-likeness (QED) is 0.875. The lowest BCUT2D eigenvalue weighted by Gasteiger charge is -2.05. The number of nitrogens with one attached hydrogen (secondary N) is 1. The van der Waals surface area contributed by atoms with Gasteiger partial charge in [-0.15, -0.1) is 0 Å². The molecule has 0 atom stereocenters. The second-order valence-corrected chi connectivity index (χ2v) is 6.71. The van der Waals surface area contributed by atoms with Crippen LogP contribution >= 0.6 is 10.7 Å². The molecule has 0 radical (unpaired) electrons. The molecule has 1 amide bonds. The molecule has 0 aliphatic heterocycles. The smallest absolute Gasteiger partial charge is 0.263 e. The summed E-state index contributed by atoms with van der Waals surface area (Å²) in [6, 6.07) is 3.69. The number of rotatable bonds is 4. The number of hydrogen-bond acceptors (Lipinski definition) is 3. The Balaban J connectivity index is 2.59. The van der Waals surface area contributed by atoms with E-state index in [0.717, 1.165) is 6.07 Å². The van der Waals surface area contributed by atoms with Crippen molar-refractivity contribution < 1.29 is 17.6 Å². The second-order valence-electron chi connectivity index (χ2n) is 4.17. The average molecular weight is 319 g/mol. The number of nitrogens with zero attached hydrogens (tertiary/aromatic N) is 1. The van der Waals surface area contributed by atoms with Crippen LogP contribution in [0.25, 0.3) is 10.9 Å². The minimum atomic E-state index is -4.02. The molecule has 0 unspecified atom stereocenters. The van der Waals surface area contributed by atoms with E-state index in [0.29, 0.717) is 12.1 Å². The van der Waals surface area contributed by atoms with Crippen LogP contribution in [0.15, 0.2) is 29.3 Å². The minimum Gasteiger partial charge on any atom is -0.355 e. The summed E-state index contributed by atoms with van der Waals surface area (Å²) in [4.78, 5) is 11.4. The molecule has 0 saturated heterocycles. The van der Waals surface area contributed by atoms with Crippen molar-refractivity contribution in [3.05, 3.63) is 30.2 Å². The average Bonchev–Trinajstić information content (AvgIpc) is 2.67. The summed E-state index contributed by atoms with van der Waals surface area (Å²) < 4.78 is 37.7. The third-order valence-corrected chi connectivity index (χ3v) is 4.11. The number of fused-ring (bicyclic) bond motifs is 1. The number of halogens is 2. The third-order valence-electron chi connectivity index (χ3n) is 2.76. The molecular weight excluding hydrogens is 307 g/mol. The Morgan fingerprint density at radius 3 is 2.75 bits per heavy atom. The molecule has 0 saturated carbocycles. The molecule has 2 aromatic rings. The highest BCUT2D eigenvalue weighted by Gasteiger charge is 2.20. The summed E-state index contributed by atoms with van der Waals surface area (Å²) >= 11 is 0. The normalized spacial score (nSPS) is 11.8. The topological polar surface area (TPSA) is 68.2 Å². The number of amides is 1. The fraction of sp³-hybridized carbons (Fsp3) is 0.250. The first-order valence-corrected chi connectivity index (χ1v) is 8.13. The Morgan fingerprint density at radius 2 is 2.15 bits per heavy atom. The van der Waals surface area contributed by atoms with Crippen molar-refractivity contribution in [1.82, 2.24) is 9.88 Å². The molecular formula is C12H12ClFN2O3S. The van der Waals surface area contributed by atoms with Gasteiger partial charge in [0.1, 0.15) is 17.3 Å². The largest absolute Gasteiger partial charge is 0.355 e. The van der Waals surface area contributed by atoms with E-state index in [2.05, 4.69) is 5.32 Å². The van der Waals surface area contributed by atoms with Crippen molar-refractivity contribution in [2.45, 2.75) is 18.4 Å². The minimum absolute atomic E-state index is 0.0671. The van der Waals surface area contributed by atoms with Crippen molar-refractivity contribution in [1.29, 1.82) is 0 Å². The summed E-state index contributed by atoms with van der Waals surface area (Å²) in [5, 5.41) is 2.76. The second kappa shape index (κ2) is 5.41. The van der Waals surface area contributed by atoms with E-state index in [9.17, 15) is 17.6 Å². The molecule has 20 heavy (non-hydrogen) atoms. The van der Waals surface area contributed by atoms with E-state index in [4.69, 9.17) is 10.7 Å². The third kappa shape index (κ3) is 2.94. The zero-order valence-electron chi connectivity index (χ0n) is 10.6. The molecule has 0 aliphatic carbocycles. The Hall–Kier alpha value is -1.60. The molecule has 108 valence electrons. The van der Waals surface area contributed by atoms with Gasteiger partial charge in [0.15, 0.2) is 0 Å². The van der Waals surface area contributed by atoms with E-state index in [1.807, 2.05) is 0 Å². The molecule has 1 heterocycles. The van der Waals surface area contributed by atoms with E-state index >= 15 is 0 Å². The van der Waals surface area contributed by atoms with Gasteiger partial charge in [0, 0.05) is 28.8 Å². The van der Waals surface area contributed by atoms with Gasteiger partial charge in [-0.2, -0.15) is 0 Å². The van der Waals surface area contributed by atoms with Crippen LogP contribution in [0.2, 0.25) is 0 Å². The predicted octanol–water partition coefficient (Wildman–Crippen LogP) is 1.84. The van der Waals surface area contributed by atoms with Crippen LogP contribution < -0.4 is 5.32 Å². The molecule has 0 bridgehead atoms. The fourth-order valence-electron chi connectivity index (χ4n) is 1.97. The SMILES string of the molecule is CCNC(=O)Cn1cc(S(=O)(=O)Cl)c2cc(F)ccc21. The van der Waals surface area contributed by atoms with Crippen LogP contribution in [0.1, 0.15) is 6.92 Å². The number of hydrogen-bond donors (Lipinski definition) is 1. The summed E-state index contributed by atoms with van der Waals surface area (Å²) in [5.41, 5.74) is 0.428. The number of carbonyl (C=O) groups is 1. The highest BCUT2D eigenvalue weighted by Crippen LogP contribution is 2.28. The van der Waals surface area contributed by atoms with Crippen molar-refractivity contribution >= 4 is 36.5 Å². The summed E-state index contributed by atoms with van der Waals surface area (Å²) in [6.45, 7) is 2.17. The van der Waals surface area contributed by atoms with Gasteiger partial charge < -0.3 is 9.88 Å². The first kappa shape index (κ1) is 14.8. The van der Waals surface area contributed by atoms with Gasteiger partial charge in [-0.3, -0.25) is 4.79 Å². The molecule has 1 aromatic heterocycles. The maximum absolute atomic E-state index is 13.3. The lowest BCUT2D eigenvalue weighted by atomic mass is 10.2. The van der Waals surface area contributed by atoms with Crippen LogP contribution in [0.3, 0.4) is 0 Å². The number of likely N-dealkylation sites (N-methyl/N-ethyl adjacent to an activating group) is 1. The van der Waals surface area contributed by atoms with Crippen molar-refractivity contribution in [3.63, 3.8) is 0 Å². The van der Waals surface area contributed by atoms with Gasteiger partial charge in [0.25, 0.3) is 9.05 Å². The molecule has 0 fully saturated rings. The van der Waals surface area contributed by atoms with Crippen LogP contribution in [-0.2, 0) is 20.4 Å². The molecule has 2 rings (SSSR count). The van der Waals surface area contributed by atoms with Crippen LogP contribution in [-0.4, -0.2) is 25.4 Å². The first-order chi connectivity index (χ1) is 9.32. The molecule has 0 aliphatic rings. The summed E-state index contributed by atoms with van der Waals surface area (Å²) in [5.74, 6) is -0.845. The first-order valence-electron chi connectivity index (χ1n) is 5.82. The lowest BCUT2D eigenvalue weighted by Crippen LogP contribution is -2.26. The van der Waals surface area contributed by atoms with E-state index < -0.39 is 14.9 Å².